The smallest absolute Gasteiger partial charge is 0.187 e. The SMILES string of the molecule is CCc1nc(CC)n(C(C)C(=O)c2ccccc2)n1. The summed E-state index contributed by atoms with van der Waals surface area (Å²) in [5.74, 6) is 1.74. The van der Waals surface area contributed by atoms with Gasteiger partial charge in [0.05, 0.1) is 0 Å². The van der Waals surface area contributed by atoms with E-state index < -0.39 is 0 Å². The highest BCUT2D eigenvalue weighted by Crippen LogP contribution is 2.16. The Kier molecular flexibility index (Phi) is 4.10. The van der Waals surface area contributed by atoms with Crippen molar-refractivity contribution in [2.75, 3.05) is 0 Å². The maximum atomic E-state index is 12.4. The quantitative estimate of drug-likeness (QED) is 0.774. The van der Waals surface area contributed by atoms with Crippen molar-refractivity contribution < 1.29 is 4.79 Å². The van der Waals surface area contributed by atoms with Gasteiger partial charge >= 0.3 is 0 Å². The van der Waals surface area contributed by atoms with Crippen LogP contribution in [0.4, 0.5) is 0 Å². The van der Waals surface area contributed by atoms with E-state index in [9.17, 15) is 4.79 Å². The van der Waals surface area contributed by atoms with Gasteiger partial charge in [-0.1, -0.05) is 44.2 Å². The summed E-state index contributed by atoms with van der Waals surface area (Å²) in [5, 5.41) is 4.43. The molecule has 0 saturated heterocycles. The zero-order valence-corrected chi connectivity index (χ0v) is 11.6. The molecular weight excluding hydrogens is 238 g/mol. The molecule has 1 heterocycles. The second-order valence-corrected chi connectivity index (χ2v) is 4.50. The molecule has 0 spiro atoms. The summed E-state index contributed by atoms with van der Waals surface area (Å²) in [7, 11) is 0. The summed E-state index contributed by atoms with van der Waals surface area (Å²) in [6.07, 6.45) is 1.56. The third-order valence-corrected chi connectivity index (χ3v) is 3.18. The zero-order chi connectivity index (χ0) is 13.8. The third-order valence-electron chi connectivity index (χ3n) is 3.18. The van der Waals surface area contributed by atoms with Crippen LogP contribution in [0.2, 0.25) is 0 Å². The molecule has 0 aliphatic heterocycles. The van der Waals surface area contributed by atoms with Gasteiger partial charge in [0.1, 0.15) is 11.9 Å². The van der Waals surface area contributed by atoms with Crippen LogP contribution in [0.1, 0.15) is 48.8 Å². The van der Waals surface area contributed by atoms with Crippen molar-refractivity contribution in [3.63, 3.8) is 0 Å². The van der Waals surface area contributed by atoms with E-state index in [1.54, 1.807) is 4.68 Å². The number of aromatic nitrogens is 3. The predicted molar refractivity (Wildman–Crippen MR) is 74.3 cm³/mol. The number of benzene rings is 1. The maximum absolute atomic E-state index is 12.4. The van der Waals surface area contributed by atoms with Gasteiger partial charge in [0.15, 0.2) is 11.6 Å². The molecule has 100 valence electrons. The number of hydrogen-bond acceptors (Lipinski definition) is 3. The topological polar surface area (TPSA) is 47.8 Å². The standard InChI is InChI=1S/C15H19N3O/c1-4-13-16-14(5-2)18(17-13)11(3)15(19)12-9-7-6-8-10-12/h6-11H,4-5H2,1-3H3. The molecule has 0 saturated carbocycles. The van der Waals surface area contributed by atoms with Crippen LogP contribution in [-0.2, 0) is 12.8 Å². The number of aryl methyl sites for hydroxylation is 2. The molecule has 0 bridgehead atoms. The summed E-state index contributed by atoms with van der Waals surface area (Å²) in [6, 6.07) is 9.01. The van der Waals surface area contributed by atoms with E-state index in [0.717, 1.165) is 24.5 Å². The number of hydrogen-bond donors (Lipinski definition) is 0. The van der Waals surface area contributed by atoms with Crippen LogP contribution in [0.15, 0.2) is 30.3 Å². The monoisotopic (exact) mass is 257 g/mol. The van der Waals surface area contributed by atoms with E-state index >= 15 is 0 Å². The van der Waals surface area contributed by atoms with Crippen LogP contribution < -0.4 is 0 Å². The molecule has 4 heteroatoms. The van der Waals surface area contributed by atoms with Gasteiger partial charge in [-0.25, -0.2) is 9.67 Å². The lowest BCUT2D eigenvalue weighted by molar-refractivity contribution is 0.0926. The van der Waals surface area contributed by atoms with E-state index in [1.807, 2.05) is 51.1 Å². The van der Waals surface area contributed by atoms with Gasteiger partial charge in [-0.15, -0.1) is 0 Å². The predicted octanol–water partition coefficient (Wildman–Crippen LogP) is 2.85. The van der Waals surface area contributed by atoms with E-state index in [2.05, 4.69) is 10.1 Å². The zero-order valence-electron chi connectivity index (χ0n) is 11.6. The molecule has 2 rings (SSSR count). The summed E-state index contributed by atoms with van der Waals surface area (Å²) >= 11 is 0. The molecule has 1 unspecified atom stereocenters. The minimum absolute atomic E-state index is 0.0721. The number of carbonyl (C=O) groups excluding carboxylic acids is 1. The second-order valence-electron chi connectivity index (χ2n) is 4.50. The average molecular weight is 257 g/mol. The van der Waals surface area contributed by atoms with Crippen molar-refractivity contribution in [2.24, 2.45) is 0 Å². The Morgan fingerprint density at radius 1 is 1.21 bits per heavy atom. The normalized spacial score (nSPS) is 12.4. The van der Waals surface area contributed by atoms with Crippen LogP contribution in [-0.4, -0.2) is 20.5 Å². The van der Waals surface area contributed by atoms with Crippen molar-refractivity contribution in [2.45, 2.75) is 39.7 Å². The Morgan fingerprint density at radius 3 is 2.47 bits per heavy atom. The molecule has 1 atom stereocenters. The van der Waals surface area contributed by atoms with Crippen LogP contribution >= 0.6 is 0 Å². The van der Waals surface area contributed by atoms with Crippen molar-refractivity contribution in [3.8, 4) is 0 Å². The number of carbonyl (C=O) groups is 1. The lowest BCUT2D eigenvalue weighted by Crippen LogP contribution is -2.20. The van der Waals surface area contributed by atoms with Gasteiger partial charge < -0.3 is 0 Å². The highest BCUT2D eigenvalue weighted by molar-refractivity contribution is 5.98. The van der Waals surface area contributed by atoms with Crippen molar-refractivity contribution >= 4 is 5.78 Å². The van der Waals surface area contributed by atoms with E-state index in [-0.39, 0.29) is 11.8 Å². The van der Waals surface area contributed by atoms with Crippen LogP contribution in [0.25, 0.3) is 0 Å². The highest BCUT2D eigenvalue weighted by atomic mass is 16.1. The fourth-order valence-corrected chi connectivity index (χ4v) is 2.06. The first-order chi connectivity index (χ1) is 9.17. The van der Waals surface area contributed by atoms with Gasteiger partial charge in [0.2, 0.25) is 0 Å². The lowest BCUT2D eigenvalue weighted by Gasteiger charge is -2.13. The summed E-state index contributed by atoms with van der Waals surface area (Å²) in [6.45, 7) is 5.92. The second kappa shape index (κ2) is 5.78. The Balaban J connectivity index is 2.31. The minimum Gasteiger partial charge on any atom is -0.292 e. The van der Waals surface area contributed by atoms with Crippen molar-refractivity contribution in [1.82, 2.24) is 14.8 Å². The van der Waals surface area contributed by atoms with Crippen LogP contribution in [0.3, 0.4) is 0 Å². The first kappa shape index (κ1) is 13.5. The van der Waals surface area contributed by atoms with Crippen molar-refractivity contribution in [3.05, 3.63) is 47.5 Å². The van der Waals surface area contributed by atoms with E-state index in [0.29, 0.717) is 5.56 Å². The molecule has 0 fully saturated rings. The first-order valence-corrected chi connectivity index (χ1v) is 6.70. The van der Waals surface area contributed by atoms with Crippen molar-refractivity contribution in [1.29, 1.82) is 0 Å². The first-order valence-electron chi connectivity index (χ1n) is 6.70. The molecule has 1 aromatic heterocycles. The maximum Gasteiger partial charge on any atom is 0.187 e. The largest absolute Gasteiger partial charge is 0.292 e. The Morgan fingerprint density at radius 2 is 1.89 bits per heavy atom. The van der Waals surface area contributed by atoms with E-state index in [1.165, 1.54) is 0 Å². The molecule has 0 amide bonds. The van der Waals surface area contributed by atoms with Gasteiger partial charge in [0, 0.05) is 18.4 Å². The average Bonchev–Trinajstić information content (AvgIpc) is 2.90. The number of rotatable bonds is 5. The highest BCUT2D eigenvalue weighted by Gasteiger charge is 2.21. The molecule has 4 nitrogen and oxygen atoms in total. The minimum atomic E-state index is -0.315. The molecule has 2 aromatic rings. The summed E-state index contributed by atoms with van der Waals surface area (Å²) < 4.78 is 1.76. The van der Waals surface area contributed by atoms with E-state index in [4.69, 9.17) is 0 Å². The van der Waals surface area contributed by atoms with Gasteiger partial charge in [0.25, 0.3) is 0 Å². The molecular formula is C15H19N3O. The number of Topliss-reactive ketones (excluding diaryl/α,β-unsaturated/α-hetero) is 1. The summed E-state index contributed by atoms with van der Waals surface area (Å²) in [4.78, 5) is 16.9. The fraction of sp³-hybridized carbons (Fsp3) is 0.400. The Bertz CT molecular complexity index is 560. The lowest BCUT2D eigenvalue weighted by atomic mass is 10.1. The van der Waals surface area contributed by atoms with Gasteiger partial charge in [-0.3, -0.25) is 4.79 Å². The molecule has 0 radical (unpaired) electrons. The molecule has 1 aromatic carbocycles. The van der Waals surface area contributed by atoms with Gasteiger partial charge in [-0.2, -0.15) is 5.10 Å². The number of nitrogens with zero attached hydrogens (tertiary/aromatic N) is 3. The van der Waals surface area contributed by atoms with Gasteiger partial charge in [-0.05, 0) is 6.92 Å². The molecule has 0 N–H and O–H groups in total. The molecule has 0 aliphatic rings. The Labute approximate surface area is 113 Å². The summed E-state index contributed by atoms with van der Waals surface area (Å²) in [5.41, 5.74) is 0.714. The molecule has 19 heavy (non-hydrogen) atoms. The third kappa shape index (κ3) is 2.72. The molecule has 0 aliphatic carbocycles. The number of ketones is 1. The van der Waals surface area contributed by atoms with Crippen LogP contribution in [0, 0.1) is 0 Å². The fourth-order valence-electron chi connectivity index (χ4n) is 2.06. The van der Waals surface area contributed by atoms with Crippen LogP contribution in [0.5, 0.6) is 0 Å². The Hall–Kier alpha value is -1.97.